The Morgan fingerprint density at radius 3 is 1.98 bits per heavy atom. The zero-order valence-corrected chi connectivity index (χ0v) is 37.9. The molecule has 1 atom stereocenters. The van der Waals surface area contributed by atoms with Gasteiger partial charge in [-0.25, -0.2) is 9.59 Å². The standard InChI is InChI=1S/C53H52N4O7S/c1-31-32(2)49(33(3)44-29-53(4,5)64-48(31)44)65(61,62)57-51(56-47-38-19-8-6-16-35(38)25-26-36-17-7-9-20-39(36)47)54-37-18-14-15-34(27-37)28-46(50(58)59)55-52(60)63-30-45-42-23-12-10-21-40(42)41-22-11-13-24-43(41)45/h6-24,27,45-47H,25-26,28-30H2,1-5H3,(H,55,60)(H,58,59)(H2,54,56,57)/t46-/m1/s1. The van der Waals surface area contributed by atoms with Crippen molar-refractivity contribution in [1.29, 1.82) is 0 Å². The molecule has 0 bridgehead atoms. The molecular weight excluding hydrogens is 837 g/mol. The van der Waals surface area contributed by atoms with Crippen molar-refractivity contribution < 1.29 is 32.6 Å². The van der Waals surface area contributed by atoms with Gasteiger partial charge in [-0.1, -0.05) is 109 Å². The number of fused-ring (bicyclic) bond motifs is 6. The van der Waals surface area contributed by atoms with E-state index in [2.05, 4.69) is 44.6 Å². The maximum Gasteiger partial charge on any atom is 0.407 e. The Kier molecular flexibility index (Phi) is 11.5. The number of carboxylic acids is 1. The van der Waals surface area contributed by atoms with E-state index in [1.165, 1.54) is 0 Å². The first kappa shape index (κ1) is 43.3. The number of ether oxygens (including phenoxy) is 2. The van der Waals surface area contributed by atoms with Crippen LogP contribution in [0.2, 0.25) is 0 Å². The third-order valence-electron chi connectivity index (χ3n) is 13.0. The topological polar surface area (TPSA) is 155 Å². The largest absolute Gasteiger partial charge is 0.487 e. The zero-order valence-electron chi connectivity index (χ0n) is 37.1. The number of benzene rings is 6. The highest BCUT2D eigenvalue weighted by molar-refractivity contribution is 7.90. The molecule has 3 aliphatic rings. The van der Waals surface area contributed by atoms with Gasteiger partial charge in [-0.3, -0.25) is 0 Å². The second kappa shape index (κ2) is 17.2. The van der Waals surface area contributed by atoms with Gasteiger partial charge in [-0.05, 0) is 126 Å². The van der Waals surface area contributed by atoms with Crippen molar-refractivity contribution in [1.82, 2.24) is 10.6 Å². The van der Waals surface area contributed by atoms with E-state index in [0.717, 1.165) is 74.2 Å². The average molecular weight is 889 g/mol. The van der Waals surface area contributed by atoms with Crippen molar-refractivity contribution in [3.8, 4) is 16.9 Å². The van der Waals surface area contributed by atoms with Crippen molar-refractivity contribution in [2.75, 3.05) is 11.9 Å². The zero-order chi connectivity index (χ0) is 45.6. The maximum atomic E-state index is 14.8. The first-order chi connectivity index (χ1) is 31.2. The number of alkyl carbamates (subject to hydrolysis) is 1. The normalized spacial score (nSPS) is 15.6. The van der Waals surface area contributed by atoms with Crippen LogP contribution in [0.5, 0.6) is 5.75 Å². The van der Waals surface area contributed by atoms with Crippen LogP contribution in [0.25, 0.3) is 11.1 Å². The number of carbonyl (C=O) groups is 2. The van der Waals surface area contributed by atoms with Crippen molar-refractivity contribution in [2.45, 2.75) is 88.8 Å². The summed E-state index contributed by atoms with van der Waals surface area (Å²) in [7, 11) is -4.37. The predicted molar refractivity (Wildman–Crippen MR) is 252 cm³/mol. The highest BCUT2D eigenvalue weighted by Gasteiger charge is 2.37. The number of carbonyl (C=O) groups excluding carboxylic acids is 1. The van der Waals surface area contributed by atoms with Gasteiger partial charge < -0.3 is 30.5 Å². The number of hydrogen-bond donors (Lipinski definition) is 4. The first-order valence-electron chi connectivity index (χ1n) is 22.0. The summed E-state index contributed by atoms with van der Waals surface area (Å²) in [6.07, 6.45) is 1.25. The molecular formula is C53H52N4O7S. The van der Waals surface area contributed by atoms with Crippen molar-refractivity contribution >= 4 is 33.7 Å². The number of aliphatic carboxylic acids is 1. The van der Waals surface area contributed by atoms with Gasteiger partial charge in [-0.15, -0.1) is 4.40 Å². The minimum Gasteiger partial charge on any atom is -0.487 e. The molecule has 1 amide bonds. The van der Waals surface area contributed by atoms with Gasteiger partial charge >= 0.3 is 12.1 Å². The Balaban J connectivity index is 1.01. The molecule has 6 aromatic rings. The molecule has 0 saturated carbocycles. The number of aryl methyl sites for hydroxylation is 2. The lowest BCUT2D eigenvalue weighted by atomic mass is 9.94. The molecule has 9 rings (SSSR count). The molecule has 0 saturated heterocycles. The predicted octanol–water partition coefficient (Wildman–Crippen LogP) is 9.49. The average Bonchev–Trinajstić information content (AvgIpc) is 3.74. The monoisotopic (exact) mass is 888 g/mol. The first-order valence-corrected chi connectivity index (χ1v) is 23.4. The molecule has 0 radical (unpaired) electrons. The van der Waals surface area contributed by atoms with Gasteiger partial charge in [0.25, 0.3) is 10.0 Å². The minimum absolute atomic E-state index is 0.0151. The van der Waals surface area contributed by atoms with Gasteiger partial charge in [0.2, 0.25) is 5.96 Å². The maximum absolute atomic E-state index is 14.8. The molecule has 1 heterocycles. The lowest BCUT2D eigenvalue weighted by Gasteiger charge is -2.25. The smallest absolute Gasteiger partial charge is 0.407 e. The summed E-state index contributed by atoms with van der Waals surface area (Å²) in [5, 5.41) is 19.7. The summed E-state index contributed by atoms with van der Waals surface area (Å²) >= 11 is 0. The third-order valence-corrected chi connectivity index (χ3v) is 14.6. The second-order valence-corrected chi connectivity index (χ2v) is 19.4. The summed E-state index contributed by atoms with van der Waals surface area (Å²) in [6, 6.07) is 37.4. The lowest BCUT2D eigenvalue weighted by molar-refractivity contribution is -0.139. The fourth-order valence-corrected chi connectivity index (χ4v) is 11.3. The van der Waals surface area contributed by atoms with Crippen molar-refractivity contribution in [3.63, 3.8) is 0 Å². The highest BCUT2D eigenvalue weighted by Crippen LogP contribution is 2.46. The fourth-order valence-electron chi connectivity index (χ4n) is 9.83. The number of anilines is 1. The molecule has 65 heavy (non-hydrogen) atoms. The number of hydrogen-bond acceptors (Lipinski definition) is 6. The van der Waals surface area contributed by atoms with Gasteiger partial charge in [0.1, 0.15) is 24.0 Å². The Hall–Kier alpha value is -6.92. The van der Waals surface area contributed by atoms with E-state index in [4.69, 9.17) is 9.47 Å². The van der Waals surface area contributed by atoms with Crippen molar-refractivity contribution in [3.05, 3.63) is 183 Å². The Morgan fingerprint density at radius 2 is 1.37 bits per heavy atom. The van der Waals surface area contributed by atoms with Crippen LogP contribution < -0.4 is 20.7 Å². The van der Waals surface area contributed by atoms with E-state index < -0.39 is 39.8 Å². The molecule has 2 aliphatic carbocycles. The van der Waals surface area contributed by atoms with E-state index in [9.17, 15) is 23.1 Å². The van der Waals surface area contributed by atoms with Crippen LogP contribution in [0.4, 0.5) is 10.5 Å². The molecule has 332 valence electrons. The van der Waals surface area contributed by atoms with Gasteiger partial charge in [0.05, 0.1) is 10.9 Å². The summed E-state index contributed by atoms with van der Waals surface area (Å²) in [4.78, 5) is 26.0. The number of sulfonamides is 1. The van der Waals surface area contributed by atoms with Crippen LogP contribution in [0.1, 0.15) is 87.0 Å². The molecule has 0 spiro atoms. The van der Waals surface area contributed by atoms with E-state index in [1.807, 2.05) is 100 Å². The molecule has 11 nitrogen and oxygen atoms in total. The van der Waals surface area contributed by atoms with Crippen LogP contribution >= 0.6 is 0 Å². The van der Waals surface area contributed by atoms with Crippen molar-refractivity contribution in [2.24, 2.45) is 4.40 Å². The Morgan fingerprint density at radius 1 is 0.785 bits per heavy atom. The van der Waals surface area contributed by atoms with E-state index in [-0.39, 0.29) is 29.8 Å². The summed E-state index contributed by atoms with van der Waals surface area (Å²) in [5.41, 5.74) is 11.9. The molecule has 0 fully saturated rings. The number of amides is 1. The van der Waals surface area contributed by atoms with E-state index >= 15 is 0 Å². The van der Waals surface area contributed by atoms with E-state index in [0.29, 0.717) is 28.8 Å². The molecule has 4 N–H and O–H groups in total. The SMILES string of the molecule is Cc1c(C)c(S(=O)(=O)/N=C(\Nc2cccc(C[C@@H](NC(=O)OCC3c4ccccc4-c4ccccc43)C(=O)O)c2)NC2c3ccccc3CCc3ccccc32)c(C)c2c1OC(C)(C)C2. The summed E-state index contributed by atoms with van der Waals surface area (Å²) in [5.74, 6) is -0.714. The number of nitrogens with one attached hydrogen (secondary N) is 3. The Labute approximate surface area is 380 Å². The molecule has 6 aromatic carbocycles. The van der Waals surface area contributed by atoms with E-state index in [1.54, 1.807) is 31.2 Å². The minimum atomic E-state index is -4.37. The van der Waals surface area contributed by atoms with Gasteiger partial charge in [0.15, 0.2) is 0 Å². The molecule has 1 aliphatic heterocycles. The van der Waals surface area contributed by atoms with Gasteiger partial charge in [-0.2, -0.15) is 8.42 Å². The van der Waals surface area contributed by atoms with Gasteiger partial charge in [0, 0.05) is 30.0 Å². The molecule has 0 unspecified atom stereocenters. The van der Waals surface area contributed by atoms with Crippen LogP contribution in [-0.4, -0.2) is 49.8 Å². The number of rotatable bonds is 10. The Bertz CT molecular complexity index is 2920. The van der Waals surface area contributed by atoms with Crippen LogP contribution in [0.15, 0.2) is 131 Å². The summed E-state index contributed by atoms with van der Waals surface area (Å²) in [6.45, 7) is 9.51. The lowest BCUT2D eigenvalue weighted by Crippen LogP contribution is -2.43. The van der Waals surface area contributed by atoms with Crippen LogP contribution in [0, 0.1) is 20.8 Å². The van der Waals surface area contributed by atoms with Crippen LogP contribution in [-0.2, 0) is 45.2 Å². The number of carboxylic acid groups (broad SMARTS) is 1. The second-order valence-electron chi connectivity index (χ2n) is 17.8. The quantitative estimate of drug-likeness (QED) is 0.0778. The number of guanidine groups is 1. The number of nitrogens with zero attached hydrogens (tertiary/aromatic N) is 1. The fraction of sp³-hybridized carbons (Fsp3) is 0.264. The molecule has 12 heteroatoms. The third kappa shape index (κ3) is 8.58. The molecule has 0 aromatic heterocycles. The highest BCUT2D eigenvalue weighted by atomic mass is 32.2. The van der Waals surface area contributed by atoms with Crippen LogP contribution in [0.3, 0.4) is 0 Å². The summed E-state index contributed by atoms with van der Waals surface area (Å²) < 4.78 is 46.2.